The van der Waals surface area contributed by atoms with E-state index in [1.807, 2.05) is 31.2 Å². The lowest BCUT2D eigenvalue weighted by atomic mass is 9.84. The van der Waals surface area contributed by atoms with Crippen molar-refractivity contribution in [2.45, 2.75) is 82.3 Å². The molecule has 1 unspecified atom stereocenters. The molecule has 1 aromatic rings. The molecule has 28 heavy (non-hydrogen) atoms. The van der Waals surface area contributed by atoms with Crippen molar-refractivity contribution in [2.24, 2.45) is 5.92 Å². The number of hydrogen-bond acceptors (Lipinski definition) is 5. The summed E-state index contributed by atoms with van der Waals surface area (Å²) in [6.45, 7) is 7.47. The molecule has 0 bridgehead atoms. The van der Waals surface area contributed by atoms with Gasteiger partial charge in [-0.3, -0.25) is 4.79 Å². The normalized spacial score (nSPS) is 23.4. The summed E-state index contributed by atoms with van der Waals surface area (Å²) in [7, 11) is 0. The second-order valence-electron chi connectivity index (χ2n) is 7.89. The van der Waals surface area contributed by atoms with Crippen molar-refractivity contribution in [2.75, 3.05) is 19.0 Å². The molecular weight excluding hydrogens is 372 g/mol. The van der Waals surface area contributed by atoms with E-state index in [2.05, 4.69) is 13.8 Å². The average molecular weight is 409 g/mol. The zero-order valence-electron chi connectivity index (χ0n) is 17.6. The molecule has 1 aliphatic rings. The third-order valence-electron chi connectivity index (χ3n) is 5.51. The van der Waals surface area contributed by atoms with Gasteiger partial charge in [-0.15, -0.1) is 11.8 Å². The first-order valence-electron chi connectivity index (χ1n) is 10.7. The van der Waals surface area contributed by atoms with Gasteiger partial charge in [0.25, 0.3) is 0 Å². The van der Waals surface area contributed by atoms with Crippen molar-refractivity contribution in [1.29, 1.82) is 0 Å². The van der Waals surface area contributed by atoms with Gasteiger partial charge in [0, 0.05) is 23.5 Å². The van der Waals surface area contributed by atoms with Gasteiger partial charge in [0.05, 0.1) is 31.3 Å². The lowest BCUT2D eigenvalue weighted by molar-refractivity contribution is -0.144. The molecule has 3 atom stereocenters. The minimum Gasteiger partial charge on any atom is -0.465 e. The van der Waals surface area contributed by atoms with Gasteiger partial charge in [0.15, 0.2) is 0 Å². The van der Waals surface area contributed by atoms with E-state index in [9.17, 15) is 9.90 Å². The third-order valence-corrected chi connectivity index (χ3v) is 6.51. The molecule has 158 valence electrons. The number of aliphatic hydroxyl groups is 1. The molecule has 2 rings (SSSR count). The van der Waals surface area contributed by atoms with E-state index in [-0.39, 0.29) is 12.1 Å². The Hall–Kier alpha value is -1.04. The molecule has 4 nitrogen and oxygen atoms in total. The molecule has 0 spiro atoms. The highest BCUT2D eigenvalue weighted by molar-refractivity contribution is 7.99. The number of benzene rings is 1. The van der Waals surface area contributed by atoms with Crippen molar-refractivity contribution in [3.05, 3.63) is 29.8 Å². The summed E-state index contributed by atoms with van der Waals surface area (Å²) in [5.74, 6) is 1.05. The lowest BCUT2D eigenvalue weighted by Crippen LogP contribution is -2.37. The Labute approximate surface area is 174 Å². The maximum atomic E-state index is 12.0. The Kier molecular flexibility index (Phi) is 9.83. The highest BCUT2D eigenvalue weighted by atomic mass is 32.2. The molecule has 0 saturated carbocycles. The van der Waals surface area contributed by atoms with Gasteiger partial charge in [0.2, 0.25) is 0 Å². The van der Waals surface area contributed by atoms with Crippen LogP contribution in [0.5, 0.6) is 0 Å². The third kappa shape index (κ3) is 7.41. The van der Waals surface area contributed by atoms with Gasteiger partial charge in [-0.1, -0.05) is 45.2 Å². The first kappa shape index (κ1) is 23.2. The van der Waals surface area contributed by atoms with Crippen LogP contribution in [-0.2, 0) is 19.9 Å². The van der Waals surface area contributed by atoms with E-state index in [1.54, 1.807) is 11.8 Å². The maximum Gasteiger partial charge on any atom is 0.306 e. The lowest BCUT2D eigenvalue weighted by Gasteiger charge is -2.36. The van der Waals surface area contributed by atoms with E-state index < -0.39 is 5.60 Å². The van der Waals surface area contributed by atoms with E-state index in [1.165, 1.54) is 12.8 Å². The van der Waals surface area contributed by atoms with E-state index in [4.69, 9.17) is 9.47 Å². The van der Waals surface area contributed by atoms with Crippen LogP contribution in [0.4, 0.5) is 0 Å². The summed E-state index contributed by atoms with van der Waals surface area (Å²) in [6.07, 6.45) is 6.28. The minimum atomic E-state index is -0.819. The van der Waals surface area contributed by atoms with Crippen LogP contribution in [0.2, 0.25) is 0 Å². The van der Waals surface area contributed by atoms with Crippen LogP contribution in [0.25, 0.3) is 0 Å². The smallest absolute Gasteiger partial charge is 0.306 e. The van der Waals surface area contributed by atoms with Crippen molar-refractivity contribution >= 4 is 17.7 Å². The molecule has 0 radical (unpaired) electrons. The van der Waals surface area contributed by atoms with Gasteiger partial charge in [0.1, 0.15) is 0 Å². The zero-order chi connectivity index (χ0) is 20.4. The molecule has 0 aromatic heterocycles. The fourth-order valence-electron chi connectivity index (χ4n) is 3.64. The Morgan fingerprint density at radius 3 is 2.96 bits per heavy atom. The van der Waals surface area contributed by atoms with Gasteiger partial charge < -0.3 is 14.6 Å². The Bertz CT molecular complexity index is 606. The second-order valence-corrected chi connectivity index (χ2v) is 9.06. The standard InChI is InChI=1S/C23H36O4S/c1-4-6-8-19(5-2)17-27-22(24)11-14-28-21-10-7-9-20(15-21)23(25)12-13-26-18(3)16-23/h7,9-10,15,18-19,25H,4-6,8,11-14,16-17H2,1-3H3/t18-,19?,23+/m0/s1. The fourth-order valence-corrected chi connectivity index (χ4v) is 4.53. The minimum absolute atomic E-state index is 0.0640. The number of hydrogen-bond donors (Lipinski definition) is 1. The largest absolute Gasteiger partial charge is 0.465 e. The Morgan fingerprint density at radius 2 is 2.25 bits per heavy atom. The number of unbranched alkanes of at least 4 members (excludes halogenated alkanes) is 1. The summed E-state index contributed by atoms with van der Waals surface area (Å²) in [4.78, 5) is 13.1. The van der Waals surface area contributed by atoms with Crippen LogP contribution in [0.3, 0.4) is 0 Å². The highest BCUT2D eigenvalue weighted by Crippen LogP contribution is 2.36. The molecule has 1 N–H and O–H groups in total. The van der Waals surface area contributed by atoms with Crippen LogP contribution in [0, 0.1) is 5.92 Å². The van der Waals surface area contributed by atoms with E-state index >= 15 is 0 Å². The number of carbonyl (C=O) groups is 1. The number of esters is 1. The summed E-state index contributed by atoms with van der Waals surface area (Å²) >= 11 is 1.64. The van der Waals surface area contributed by atoms with Crippen molar-refractivity contribution in [3.63, 3.8) is 0 Å². The molecule has 1 heterocycles. The molecule has 1 fully saturated rings. The number of rotatable bonds is 11. The predicted molar refractivity (Wildman–Crippen MR) is 115 cm³/mol. The monoisotopic (exact) mass is 408 g/mol. The zero-order valence-corrected chi connectivity index (χ0v) is 18.4. The summed E-state index contributed by atoms with van der Waals surface area (Å²) in [6, 6.07) is 8.04. The quantitative estimate of drug-likeness (QED) is 0.397. The van der Waals surface area contributed by atoms with Gasteiger partial charge >= 0.3 is 5.97 Å². The first-order chi connectivity index (χ1) is 13.5. The molecule has 0 amide bonds. The molecule has 0 aliphatic carbocycles. The SMILES string of the molecule is CCCCC(CC)COC(=O)CCSc1cccc([C@@]2(O)CCO[C@@H](C)C2)c1. The maximum absolute atomic E-state index is 12.0. The summed E-state index contributed by atoms with van der Waals surface area (Å²) in [5.41, 5.74) is 0.123. The molecule has 1 aliphatic heterocycles. The van der Waals surface area contributed by atoms with Gasteiger partial charge in [-0.25, -0.2) is 0 Å². The number of ether oxygens (including phenoxy) is 2. The van der Waals surface area contributed by atoms with E-state index in [0.29, 0.717) is 44.1 Å². The van der Waals surface area contributed by atoms with Gasteiger partial charge in [-0.05, 0) is 37.0 Å². The van der Waals surface area contributed by atoms with Crippen molar-refractivity contribution < 1.29 is 19.4 Å². The van der Waals surface area contributed by atoms with Crippen LogP contribution >= 0.6 is 11.8 Å². The van der Waals surface area contributed by atoms with Gasteiger partial charge in [-0.2, -0.15) is 0 Å². The van der Waals surface area contributed by atoms with Crippen molar-refractivity contribution in [3.8, 4) is 0 Å². The highest BCUT2D eigenvalue weighted by Gasteiger charge is 2.35. The summed E-state index contributed by atoms with van der Waals surface area (Å²) < 4.78 is 11.0. The Morgan fingerprint density at radius 1 is 1.43 bits per heavy atom. The molecule has 1 aromatic carbocycles. The predicted octanol–water partition coefficient (Wildman–Crippen LogP) is 5.31. The van der Waals surface area contributed by atoms with Crippen LogP contribution in [-0.4, -0.2) is 36.1 Å². The second kappa shape index (κ2) is 11.8. The van der Waals surface area contributed by atoms with Crippen molar-refractivity contribution in [1.82, 2.24) is 0 Å². The van der Waals surface area contributed by atoms with Crippen LogP contribution < -0.4 is 0 Å². The Balaban J connectivity index is 1.78. The van der Waals surface area contributed by atoms with E-state index in [0.717, 1.165) is 23.3 Å². The molecule has 5 heteroatoms. The van der Waals surface area contributed by atoms with Crippen LogP contribution in [0.1, 0.15) is 71.3 Å². The topological polar surface area (TPSA) is 55.8 Å². The fraction of sp³-hybridized carbons (Fsp3) is 0.696. The van der Waals surface area contributed by atoms with Crippen LogP contribution in [0.15, 0.2) is 29.2 Å². The first-order valence-corrected chi connectivity index (χ1v) is 11.7. The number of carbonyl (C=O) groups excluding carboxylic acids is 1. The molecule has 1 saturated heterocycles. The average Bonchev–Trinajstić information content (AvgIpc) is 2.68. The number of thioether (sulfide) groups is 1. The summed E-state index contributed by atoms with van der Waals surface area (Å²) in [5, 5.41) is 11.0. The molecular formula is C23H36O4S.